The molecule has 0 aromatic heterocycles. The number of carbonyl (C=O) groups excluding carboxylic acids is 2. The highest BCUT2D eigenvalue weighted by Gasteiger charge is 2.46. The number of amides is 2. The van der Waals surface area contributed by atoms with E-state index in [9.17, 15) is 9.59 Å². The lowest BCUT2D eigenvalue weighted by molar-refractivity contribution is -0.830. The Balaban J connectivity index is 0.00000456. The van der Waals surface area contributed by atoms with Gasteiger partial charge in [0.05, 0.1) is 19.8 Å². The lowest BCUT2D eigenvalue weighted by Crippen LogP contribution is -2.56. The van der Waals surface area contributed by atoms with Gasteiger partial charge in [-0.25, -0.2) is 4.48 Å². The van der Waals surface area contributed by atoms with E-state index in [2.05, 4.69) is 72.8 Å². The van der Waals surface area contributed by atoms with Gasteiger partial charge in [0.2, 0.25) is 0 Å². The van der Waals surface area contributed by atoms with Gasteiger partial charge >= 0.3 is 6.09 Å². The Morgan fingerprint density at radius 1 is 0.806 bits per heavy atom. The lowest BCUT2D eigenvalue weighted by atomic mass is 10.2. The van der Waals surface area contributed by atoms with E-state index in [1.807, 2.05) is 39.0 Å². The predicted octanol–water partition coefficient (Wildman–Crippen LogP) is 4.66. The minimum Gasteiger partial charge on any atom is -0.414 e. The molecule has 0 bridgehead atoms. The van der Waals surface area contributed by atoms with Gasteiger partial charge < -0.3 is 10.5 Å². The van der Waals surface area contributed by atoms with Crippen molar-refractivity contribution in [3.8, 4) is 0 Å². The average molecular weight is 529 g/mol. The van der Waals surface area contributed by atoms with Crippen LogP contribution in [0.1, 0.15) is 27.2 Å². The van der Waals surface area contributed by atoms with Crippen LogP contribution >= 0.6 is 19.7 Å². The summed E-state index contributed by atoms with van der Waals surface area (Å²) < 4.78 is 5.50. The lowest BCUT2D eigenvalue weighted by Gasteiger charge is -2.33. The van der Waals surface area contributed by atoms with E-state index in [1.165, 1.54) is 15.9 Å². The van der Waals surface area contributed by atoms with Crippen molar-refractivity contribution in [3.05, 3.63) is 91.0 Å². The molecule has 0 aliphatic heterocycles. The van der Waals surface area contributed by atoms with Crippen LogP contribution in [0.15, 0.2) is 91.0 Å². The van der Waals surface area contributed by atoms with Crippen LogP contribution in [-0.4, -0.2) is 48.4 Å². The molecule has 5 nitrogen and oxygen atoms in total. The van der Waals surface area contributed by atoms with Gasteiger partial charge in [-0.05, 0) is 57.2 Å². The molecular formula is C29H38ClN2O3P+2. The summed E-state index contributed by atoms with van der Waals surface area (Å²) in [4.78, 5) is 25.0. The van der Waals surface area contributed by atoms with Gasteiger partial charge in [0.15, 0.2) is 6.54 Å². The maximum absolute atomic E-state index is 13.1. The quantitative estimate of drug-likeness (QED) is 0.324. The summed E-state index contributed by atoms with van der Waals surface area (Å²) >= 11 is 0. The summed E-state index contributed by atoms with van der Waals surface area (Å²) in [5, 5.41) is 3.87. The molecule has 2 N–H and O–H groups in total. The van der Waals surface area contributed by atoms with E-state index in [0.717, 1.165) is 12.6 Å². The van der Waals surface area contributed by atoms with Crippen LogP contribution in [0.25, 0.3) is 0 Å². The summed E-state index contributed by atoms with van der Waals surface area (Å²) in [7, 11) is -0.280. The van der Waals surface area contributed by atoms with Crippen LogP contribution in [0.2, 0.25) is 0 Å². The van der Waals surface area contributed by atoms with E-state index >= 15 is 0 Å². The van der Waals surface area contributed by atoms with Gasteiger partial charge in [-0.15, -0.1) is 12.4 Å². The summed E-state index contributed by atoms with van der Waals surface area (Å²) in [6, 6.07) is 31.9. The van der Waals surface area contributed by atoms with Gasteiger partial charge in [-0.2, -0.15) is 4.79 Å². The van der Waals surface area contributed by atoms with Crippen LogP contribution in [0.3, 0.4) is 0 Å². The minimum atomic E-state index is -2.02. The van der Waals surface area contributed by atoms with E-state index in [0.29, 0.717) is 6.54 Å². The molecule has 0 saturated carbocycles. The number of quaternary nitrogens is 1. The molecule has 3 aromatic rings. The second-order valence-corrected chi connectivity index (χ2v) is 13.7. The van der Waals surface area contributed by atoms with Gasteiger partial charge in [-0.3, -0.25) is 4.79 Å². The first-order valence-corrected chi connectivity index (χ1v) is 14.0. The standard InChI is InChI=1S/C29H36N2O3P.ClH/c1-29(2,3)34-28(33)31(4,23-27(30)32)21-14-22-35(24-15-8-5-9-16-24,25-17-10-6-11-18-25)26-19-12-7-13-20-26;/h5-13,15-20H,14,21-23H2,1-4H3,(H-,30,32);1H/q+1;/p+1. The Bertz CT molecular complexity index is 1020. The molecule has 3 rings (SSSR count). The Kier molecular flexibility index (Phi) is 10.2. The molecule has 0 radical (unpaired) electrons. The number of carbonyl (C=O) groups is 2. The molecule has 2 amide bonds. The maximum atomic E-state index is 13.1. The van der Waals surface area contributed by atoms with Crippen molar-refractivity contribution in [3.63, 3.8) is 0 Å². The third kappa shape index (κ3) is 7.16. The Morgan fingerprint density at radius 2 is 1.19 bits per heavy atom. The molecule has 1 atom stereocenters. The molecule has 0 aliphatic carbocycles. The van der Waals surface area contributed by atoms with Crippen molar-refractivity contribution in [1.82, 2.24) is 0 Å². The number of primary amides is 1. The summed E-state index contributed by atoms with van der Waals surface area (Å²) in [6.45, 7) is 5.84. The molecular weight excluding hydrogens is 491 g/mol. The smallest absolute Gasteiger partial charge is 0.414 e. The number of ether oxygens (including phenoxy) is 1. The highest BCUT2D eigenvalue weighted by Crippen LogP contribution is 2.55. The number of benzene rings is 3. The zero-order chi connectivity index (χ0) is 25.5. The molecule has 36 heavy (non-hydrogen) atoms. The van der Waals surface area contributed by atoms with Crippen LogP contribution in [-0.2, 0) is 9.53 Å². The van der Waals surface area contributed by atoms with E-state index < -0.39 is 24.9 Å². The van der Waals surface area contributed by atoms with Crippen LogP contribution in [0.4, 0.5) is 4.79 Å². The molecule has 1 unspecified atom stereocenters. The summed E-state index contributed by atoms with van der Waals surface area (Å²) in [5.74, 6) is -0.520. The first-order valence-electron chi connectivity index (χ1n) is 12.0. The van der Waals surface area contributed by atoms with Crippen LogP contribution < -0.4 is 21.6 Å². The second kappa shape index (κ2) is 12.5. The van der Waals surface area contributed by atoms with E-state index in [-0.39, 0.29) is 23.4 Å². The molecule has 0 spiro atoms. The van der Waals surface area contributed by atoms with Crippen molar-refractivity contribution in [2.24, 2.45) is 5.73 Å². The molecule has 7 heteroatoms. The van der Waals surface area contributed by atoms with Crippen LogP contribution in [0, 0.1) is 0 Å². The monoisotopic (exact) mass is 528 g/mol. The number of likely N-dealkylation sites (N-methyl/N-ethyl adjacent to an activating group) is 1. The second-order valence-electron chi connectivity index (χ2n) is 10.1. The fraction of sp³-hybridized carbons (Fsp3) is 0.310. The molecule has 0 heterocycles. The topological polar surface area (TPSA) is 69.4 Å². The SMILES string of the molecule is CC(C)(C)OC(=O)[N+](C)(CCC[P+](c1ccccc1)(c1ccccc1)c1ccccc1)CC(N)=O.Cl. The Hall–Kier alpha value is -2.72. The molecule has 0 saturated heterocycles. The zero-order valence-electron chi connectivity index (χ0n) is 21.6. The fourth-order valence-corrected chi connectivity index (χ4v) is 8.82. The fourth-order valence-electron chi connectivity index (χ4n) is 4.49. The Labute approximate surface area is 222 Å². The number of halogens is 1. The zero-order valence-corrected chi connectivity index (χ0v) is 23.3. The minimum absolute atomic E-state index is 0. The number of nitrogens with zero attached hydrogens (tertiary/aromatic N) is 1. The van der Waals surface area contributed by atoms with Crippen molar-refractivity contribution < 1.29 is 18.8 Å². The van der Waals surface area contributed by atoms with Crippen molar-refractivity contribution in [2.75, 3.05) is 26.3 Å². The molecule has 192 valence electrons. The molecule has 0 aliphatic rings. The van der Waals surface area contributed by atoms with Gasteiger partial charge in [0.1, 0.15) is 28.8 Å². The van der Waals surface area contributed by atoms with Crippen molar-refractivity contribution >= 4 is 47.6 Å². The highest BCUT2D eigenvalue weighted by atomic mass is 35.5. The van der Waals surface area contributed by atoms with Crippen molar-refractivity contribution in [2.45, 2.75) is 32.8 Å². The van der Waals surface area contributed by atoms with Gasteiger partial charge in [0.25, 0.3) is 5.91 Å². The normalized spacial score (nSPS) is 13.2. The Morgan fingerprint density at radius 3 is 1.53 bits per heavy atom. The average Bonchev–Trinajstić information content (AvgIpc) is 2.82. The third-order valence-electron chi connectivity index (χ3n) is 6.08. The number of nitrogens with two attached hydrogens (primary N) is 1. The van der Waals surface area contributed by atoms with Crippen LogP contribution in [0.5, 0.6) is 0 Å². The third-order valence-corrected chi connectivity index (χ3v) is 10.6. The summed E-state index contributed by atoms with van der Waals surface area (Å²) in [5.41, 5.74) is 4.91. The van der Waals surface area contributed by atoms with E-state index in [1.54, 1.807) is 7.05 Å². The number of hydrogen-bond donors (Lipinski definition) is 1. The summed E-state index contributed by atoms with van der Waals surface area (Å²) in [6.07, 6.45) is 1.13. The largest absolute Gasteiger partial charge is 0.516 e. The van der Waals surface area contributed by atoms with Gasteiger partial charge in [-0.1, -0.05) is 54.6 Å². The number of hydrogen-bond acceptors (Lipinski definition) is 3. The first kappa shape index (κ1) is 29.5. The number of rotatable bonds is 9. The first-order chi connectivity index (χ1) is 16.6. The predicted molar refractivity (Wildman–Crippen MR) is 153 cm³/mol. The van der Waals surface area contributed by atoms with Crippen molar-refractivity contribution in [1.29, 1.82) is 0 Å². The van der Waals surface area contributed by atoms with E-state index in [4.69, 9.17) is 10.5 Å². The highest BCUT2D eigenvalue weighted by molar-refractivity contribution is 7.95. The van der Waals surface area contributed by atoms with Gasteiger partial charge in [0, 0.05) is 6.42 Å². The molecule has 0 fully saturated rings. The maximum Gasteiger partial charge on any atom is 0.516 e. The molecule has 3 aromatic carbocycles.